The largest absolute Gasteiger partial charge is 0.308 e. The Morgan fingerprint density at radius 1 is 1.05 bits per heavy atom. The van der Waals surface area contributed by atoms with Crippen LogP contribution in [-0.2, 0) is 6.42 Å². The molecule has 0 fully saturated rings. The van der Waals surface area contributed by atoms with Gasteiger partial charge in [0, 0.05) is 16.8 Å². The molecule has 2 aromatic carbocycles. The second-order valence-electron chi connectivity index (χ2n) is 4.98. The minimum absolute atomic E-state index is 0.702. The maximum atomic E-state index is 5.61. The van der Waals surface area contributed by atoms with Crippen molar-refractivity contribution in [3.05, 3.63) is 53.7 Å². The van der Waals surface area contributed by atoms with Crippen LogP contribution in [0.4, 0.5) is 5.82 Å². The lowest BCUT2D eigenvalue weighted by molar-refractivity contribution is 0.996. The monoisotopic (exact) mass is 278 g/mol. The number of hydrazine groups is 1. The Morgan fingerprint density at radius 2 is 1.81 bits per heavy atom. The molecule has 106 valence electrons. The smallest absolute Gasteiger partial charge is 0.162 e. The molecule has 4 nitrogen and oxygen atoms in total. The minimum Gasteiger partial charge on any atom is -0.308 e. The van der Waals surface area contributed by atoms with Crippen molar-refractivity contribution in [2.24, 2.45) is 5.84 Å². The van der Waals surface area contributed by atoms with E-state index in [2.05, 4.69) is 40.5 Å². The van der Waals surface area contributed by atoms with Gasteiger partial charge in [-0.15, -0.1) is 0 Å². The number of hydrogen-bond acceptors (Lipinski definition) is 4. The molecule has 0 radical (unpaired) electrons. The number of hydrogen-bond donors (Lipinski definition) is 2. The fourth-order valence-electron chi connectivity index (χ4n) is 2.68. The van der Waals surface area contributed by atoms with Crippen molar-refractivity contribution in [2.45, 2.75) is 20.3 Å². The summed E-state index contributed by atoms with van der Waals surface area (Å²) >= 11 is 0. The highest BCUT2D eigenvalue weighted by molar-refractivity contribution is 5.95. The topological polar surface area (TPSA) is 63.8 Å². The number of nitrogens with zero attached hydrogens (tertiary/aromatic N) is 2. The summed E-state index contributed by atoms with van der Waals surface area (Å²) in [4.78, 5) is 9.26. The zero-order valence-electron chi connectivity index (χ0n) is 12.2. The minimum atomic E-state index is 0.702. The first-order chi connectivity index (χ1) is 10.2. The zero-order valence-corrected chi connectivity index (χ0v) is 12.2. The fourth-order valence-corrected chi connectivity index (χ4v) is 2.68. The maximum Gasteiger partial charge on any atom is 0.162 e. The summed E-state index contributed by atoms with van der Waals surface area (Å²) in [5, 5.41) is 2.32. The Bertz CT molecular complexity index is 791. The second kappa shape index (κ2) is 5.50. The molecule has 0 amide bonds. The molecular formula is C17H18N4. The number of aromatic nitrogens is 2. The zero-order chi connectivity index (χ0) is 14.8. The summed E-state index contributed by atoms with van der Waals surface area (Å²) in [6, 6.07) is 14.4. The molecule has 1 heterocycles. The number of anilines is 1. The standard InChI is InChI=1S/C17H18N4/c1-3-13-11(2)19-16(20-17(13)21-18)15-10-6-8-12-7-4-5-9-14(12)15/h4-10H,3,18H2,1-2H3,(H,19,20,21). The van der Waals surface area contributed by atoms with Crippen LogP contribution in [0.3, 0.4) is 0 Å². The van der Waals surface area contributed by atoms with Crippen LogP contribution >= 0.6 is 0 Å². The molecule has 0 unspecified atom stereocenters. The van der Waals surface area contributed by atoms with Crippen molar-refractivity contribution in [2.75, 3.05) is 5.43 Å². The number of aryl methyl sites for hydroxylation is 1. The van der Waals surface area contributed by atoms with Gasteiger partial charge in [0.05, 0.1) is 0 Å². The first-order valence-corrected chi connectivity index (χ1v) is 7.07. The van der Waals surface area contributed by atoms with Crippen LogP contribution in [0.2, 0.25) is 0 Å². The lowest BCUT2D eigenvalue weighted by atomic mass is 10.0. The van der Waals surface area contributed by atoms with E-state index in [9.17, 15) is 0 Å². The van der Waals surface area contributed by atoms with Crippen LogP contribution in [-0.4, -0.2) is 9.97 Å². The number of nitrogens with two attached hydrogens (primary N) is 1. The first-order valence-electron chi connectivity index (χ1n) is 7.07. The molecule has 3 N–H and O–H groups in total. The van der Waals surface area contributed by atoms with Crippen molar-refractivity contribution in [3.63, 3.8) is 0 Å². The predicted octanol–water partition coefficient (Wildman–Crippen LogP) is 3.45. The van der Waals surface area contributed by atoms with Gasteiger partial charge in [0.1, 0.15) is 5.82 Å². The van der Waals surface area contributed by atoms with Gasteiger partial charge in [-0.25, -0.2) is 15.8 Å². The summed E-state index contributed by atoms with van der Waals surface area (Å²) in [5.74, 6) is 7.02. The van der Waals surface area contributed by atoms with Gasteiger partial charge < -0.3 is 5.43 Å². The third kappa shape index (κ3) is 2.34. The second-order valence-corrected chi connectivity index (χ2v) is 4.98. The van der Waals surface area contributed by atoms with E-state index in [0.717, 1.165) is 28.6 Å². The molecule has 3 rings (SSSR count). The van der Waals surface area contributed by atoms with Crippen molar-refractivity contribution in [3.8, 4) is 11.4 Å². The molecule has 21 heavy (non-hydrogen) atoms. The van der Waals surface area contributed by atoms with Gasteiger partial charge in [0.25, 0.3) is 0 Å². The molecule has 3 aromatic rings. The molecule has 0 bridgehead atoms. The number of rotatable bonds is 3. The summed E-state index contributed by atoms with van der Waals surface area (Å²) in [5.41, 5.74) is 5.74. The van der Waals surface area contributed by atoms with Gasteiger partial charge in [-0.3, -0.25) is 0 Å². The highest BCUT2D eigenvalue weighted by Crippen LogP contribution is 2.28. The molecule has 0 atom stereocenters. The predicted molar refractivity (Wildman–Crippen MR) is 86.9 cm³/mol. The molecule has 0 saturated heterocycles. The fraction of sp³-hybridized carbons (Fsp3) is 0.176. The van der Waals surface area contributed by atoms with E-state index in [1.807, 2.05) is 31.2 Å². The Balaban J connectivity index is 2.26. The average Bonchev–Trinajstić information content (AvgIpc) is 2.53. The molecule has 0 aliphatic heterocycles. The third-order valence-corrected chi connectivity index (χ3v) is 3.73. The first kappa shape index (κ1) is 13.5. The van der Waals surface area contributed by atoms with Crippen molar-refractivity contribution < 1.29 is 0 Å². The SMILES string of the molecule is CCc1c(C)nc(-c2cccc3ccccc23)nc1NN. The van der Waals surface area contributed by atoms with Gasteiger partial charge >= 0.3 is 0 Å². The molecule has 0 aliphatic rings. The molecule has 0 spiro atoms. The van der Waals surface area contributed by atoms with Gasteiger partial charge in [0.2, 0.25) is 0 Å². The normalized spacial score (nSPS) is 10.8. The molecular weight excluding hydrogens is 260 g/mol. The van der Waals surface area contributed by atoms with Gasteiger partial charge in [0.15, 0.2) is 5.82 Å². The van der Waals surface area contributed by atoms with Crippen LogP contribution in [0.1, 0.15) is 18.2 Å². The molecule has 0 saturated carbocycles. The van der Waals surface area contributed by atoms with E-state index in [-0.39, 0.29) is 0 Å². The molecule has 1 aromatic heterocycles. The van der Waals surface area contributed by atoms with Gasteiger partial charge in [-0.1, -0.05) is 49.4 Å². The van der Waals surface area contributed by atoms with E-state index >= 15 is 0 Å². The van der Waals surface area contributed by atoms with Crippen LogP contribution < -0.4 is 11.3 Å². The van der Waals surface area contributed by atoms with Crippen LogP contribution in [0.5, 0.6) is 0 Å². The summed E-state index contributed by atoms with van der Waals surface area (Å²) in [6.07, 6.45) is 0.848. The van der Waals surface area contributed by atoms with E-state index in [4.69, 9.17) is 5.84 Å². The van der Waals surface area contributed by atoms with Crippen molar-refractivity contribution in [1.82, 2.24) is 9.97 Å². The molecule has 0 aliphatic carbocycles. The Morgan fingerprint density at radius 3 is 2.57 bits per heavy atom. The lowest BCUT2D eigenvalue weighted by Gasteiger charge is -2.12. The van der Waals surface area contributed by atoms with Crippen LogP contribution in [0.25, 0.3) is 22.2 Å². The highest BCUT2D eigenvalue weighted by Gasteiger charge is 2.12. The number of fused-ring (bicyclic) bond motifs is 1. The van der Waals surface area contributed by atoms with Gasteiger partial charge in [-0.05, 0) is 24.1 Å². The lowest BCUT2D eigenvalue weighted by Crippen LogP contribution is -2.13. The van der Waals surface area contributed by atoms with Crippen LogP contribution in [0.15, 0.2) is 42.5 Å². The Kier molecular flexibility index (Phi) is 3.54. The number of nitrogen functional groups attached to an aromatic ring is 1. The average molecular weight is 278 g/mol. The Hall–Kier alpha value is -2.46. The van der Waals surface area contributed by atoms with E-state index in [1.165, 1.54) is 5.39 Å². The van der Waals surface area contributed by atoms with E-state index in [1.54, 1.807) is 0 Å². The van der Waals surface area contributed by atoms with Gasteiger partial charge in [-0.2, -0.15) is 0 Å². The summed E-state index contributed by atoms with van der Waals surface area (Å²) < 4.78 is 0. The van der Waals surface area contributed by atoms with E-state index < -0.39 is 0 Å². The number of benzene rings is 2. The van der Waals surface area contributed by atoms with Crippen molar-refractivity contribution in [1.29, 1.82) is 0 Å². The molecule has 4 heteroatoms. The van der Waals surface area contributed by atoms with E-state index in [0.29, 0.717) is 11.6 Å². The Labute approximate surface area is 124 Å². The highest BCUT2D eigenvalue weighted by atomic mass is 15.3. The summed E-state index contributed by atoms with van der Waals surface area (Å²) in [7, 11) is 0. The van der Waals surface area contributed by atoms with Crippen LogP contribution in [0, 0.1) is 6.92 Å². The quantitative estimate of drug-likeness (QED) is 0.569. The third-order valence-electron chi connectivity index (χ3n) is 3.73. The summed E-state index contributed by atoms with van der Waals surface area (Å²) in [6.45, 7) is 4.07. The number of nitrogens with one attached hydrogen (secondary N) is 1. The van der Waals surface area contributed by atoms with Crippen molar-refractivity contribution >= 4 is 16.6 Å². The maximum absolute atomic E-state index is 5.61.